The first kappa shape index (κ1) is 13.5. The lowest BCUT2D eigenvalue weighted by atomic mass is 10.5. The summed E-state index contributed by atoms with van der Waals surface area (Å²) in [5, 5.41) is 0. The first-order valence-electron chi connectivity index (χ1n) is 4.14. The molecular formula is C7H19NO3PS+. The van der Waals surface area contributed by atoms with Gasteiger partial charge in [0.25, 0.3) is 0 Å². The highest BCUT2D eigenvalue weighted by atomic mass is 32.1. The topological polar surface area (TPSA) is 46.5 Å². The molecule has 0 aliphatic rings. The first-order valence-corrected chi connectivity index (χ1v) is 6.54. The summed E-state index contributed by atoms with van der Waals surface area (Å²) in [6, 6.07) is 0. The third-order valence-corrected chi connectivity index (χ3v) is 3.39. The average Bonchev–Trinajstić information content (AvgIpc) is 1.82. The molecule has 0 amide bonds. The lowest BCUT2D eigenvalue weighted by molar-refractivity contribution is -0.870. The maximum Gasteiger partial charge on any atom is 0.329 e. The van der Waals surface area contributed by atoms with Crippen LogP contribution in [0.5, 0.6) is 0 Å². The predicted molar refractivity (Wildman–Crippen MR) is 57.4 cm³/mol. The van der Waals surface area contributed by atoms with Gasteiger partial charge in [-0.1, -0.05) is 0 Å². The van der Waals surface area contributed by atoms with Gasteiger partial charge in [0.1, 0.15) is 13.2 Å². The van der Waals surface area contributed by atoms with Crippen molar-refractivity contribution in [2.45, 2.75) is 0 Å². The van der Waals surface area contributed by atoms with E-state index in [1.165, 1.54) is 0 Å². The molecule has 0 bridgehead atoms. The molecule has 4 nitrogen and oxygen atoms in total. The lowest BCUT2D eigenvalue weighted by Crippen LogP contribution is -2.37. The fraction of sp³-hybridized carbons (Fsp3) is 1.00. The number of likely N-dealkylation sites (N-methyl/N-ethyl adjacent to an activating group) is 1. The highest BCUT2D eigenvalue weighted by Gasteiger charge is 2.19. The van der Waals surface area contributed by atoms with E-state index in [1.807, 2.05) is 21.1 Å². The largest absolute Gasteiger partial charge is 0.329 e. The van der Waals surface area contributed by atoms with Crippen molar-refractivity contribution in [1.29, 1.82) is 0 Å². The standard InChI is InChI=1S/C7H18NO3PS/c1-8(2,3)4-5-11-12(9,10)6-7-13/h4-7H2,1-3H3,(H-,9,10,13)/p+1. The van der Waals surface area contributed by atoms with Crippen LogP contribution in [-0.4, -0.2) is 55.6 Å². The monoisotopic (exact) mass is 228 g/mol. The molecule has 0 aromatic heterocycles. The van der Waals surface area contributed by atoms with Crippen LogP contribution < -0.4 is 0 Å². The fourth-order valence-electron chi connectivity index (χ4n) is 0.648. The fourth-order valence-corrected chi connectivity index (χ4v) is 2.16. The third kappa shape index (κ3) is 8.78. The van der Waals surface area contributed by atoms with Gasteiger partial charge in [-0.25, -0.2) is 0 Å². The molecule has 0 aromatic carbocycles. The molecule has 0 rings (SSSR count). The Bertz CT molecular complexity index is 193. The molecule has 0 saturated carbocycles. The highest BCUT2D eigenvalue weighted by molar-refractivity contribution is 7.80. The zero-order valence-electron chi connectivity index (χ0n) is 8.43. The smallest absolute Gasteiger partial charge is 0.329 e. The van der Waals surface area contributed by atoms with Gasteiger partial charge in [0.05, 0.1) is 27.3 Å². The first-order chi connectivity index (χ1) is 5.77. The van der Waals surface area contributed by atoms with Gasteiger partial charge >= 0.3 is 7.60 Å². The molecule has 0 aliphatic carbocycles. The molecule has 0 fully saturated rings. The van der Waals surface area contributed by atoms with Crippen LogP contribution >= 0.6 is 20.2 Å². The molecule has 0 spiro atoms. The Labute approximate surface area is 85.4 Å². The van der Waals surface area contributed by atoms with Crippen LogP contribution in [0.1, 0.15) is 0 Å². The third-order valence-electron chi connectivity index (χ3n) is 1.44. The normalized spacial score (nSPS) is 17.0. The maximum atomic E-state index is 11.2. The van der Waals surface area contributed by atoms with Crippen molar-refractivity contribution in [2.24, 2.45) is 0 Å². The van der Waals surface area contributed by atoms with Gasteiger partial charge in [0.15, 0.2) is 0 Å². The van der Waals surface area contributed by atoms with Crippen molar-refractivity contribution in [3.63, 3.8) is 0 Å². The van der Waals surface area contributed by atoms with Gasteiger partial charge in [0.2, 0.25) is 0 Å². The molecule has 13 heavy (non-hydrogen) atoms. The predicted octanol–water partition coefficient (Wildman–Crippen LogP) is 0.824. The van der Waals surface area contributed by atoms with E-state index in [1.54, 1.807) is 0 Å². The number of rotatable bonds is 6. The summed E-state index contributed by atoms with van der Waals surface area (Å²) in [5.41, 5.74) is 0. The Morgan fingerprint density at radius 3 is 2.38 bits per heavy atom. The number of hydrogen-bond donors (Lipinski definition) is 2. The number of quaternary nitrogens is 1. The van der Waals surface area contributed by atoms with E-state index in [-0.39, 0.29) is 6.16 Å². The maximum absolute atomic E-state index is 11.2. The van der Waals surface area contributed by atoms with E-state index < -0.39 is 7.60 Å². The SMILES string of the molecule is C[N+](C)(C)CCOP(=O)(O)CCS. The van der Waals surface area contributed by atoms with Crippen LogP contribution in [0, 0.1) is 0 Å². The second-order valence-electron chi connectivity index (χ2n) is 3.93. The van der Waals surface area contributed by atoms with Crippen LogP contribution in [0.3, 0.4) is 0 Å². The van der Waals surface area contributed by atoms with E-state index in [2.05, 4.69) is 12.6 Å². The summed E-state index contributed by atoms with van der Waals surface area (Å²) in [4.78, 5) is 9.19. The van der Waals surface area contributed by atoms with Gasteiger partial charge in [-0.3, -0.25) is 4.57 Å². The Kier molecular flexibility index (Phi) is 5.56. The van der Waals surface area contributed by atoms with Crippen LogP contribution in [0.2, 0.25) is 0 Å². The lowest BCUT2D eigenvalue weighted by Gasteiger charge is -2.24. The number of nitrogens with zero attached hydrogens (tertiary/aromatic N) is 1. The molecule has 6 heteroatoms. The summed E-state index contributed by atoms with van der Waals surface area (Å²) in [6.07, 6.45) is 0.118. The summed E-state index contributed by atoms with van der Waals surface area (Å²) in [6.45, 7) is 1.03. The molecule has 80 valence electrons. The highest BCUT2D eigenvalue weighted by Crippen LogP contribution is 2.41. The molecular weight excluding hydrogens is 209 g/mol. The van der Waals surface area contributed by atoms with Gasteiger partial charge < -0.3 is 13.9 Å². The van der Waals surface area contributed by atoms with Crippen molar-refractivity contribution in [3.05, 3.63) is 0 Å². The zero-order chi connectivity index (χ0) is 10.5. The van der Waals surface area contributed by atoms with Gasteiger partial charge in [-0.15, -0.1) is 0 Å². The molecule has 0 saturated heterocycles. The van der Waals surface area contributed by atoms with Crippen LogP contribution in [-0.2, 0) is 9.09 Å². The van der Waals surface area contributed by atoms with E-state index in [4.69, 9.17) is 4.52 Å². The van der Waals surface area contributed by atoms with Gasteiger partial charge in [0, 0.05) is 5.75 Å². The minimum Gasteiger partial charge on any atom is -0.329 e. The van der Waals surface area contributed by atoms with Gasteiger partial charge in [-0.2, -0.15) is 12.6 Å². The Morgan fingerprint density at radius 1 is 1.46 bits per heavy atom. The van der Waals surface area contributed by atoms with E-state index in [0.29, 0.717) is 12.4 Å². The Hall–Kier alpha value is 0.460. The summed E-state index contributed by atoms with van der Waals surface area (Å²) in [5.74, 6) is 0.373. The summed E-state index contributed by atoms with van der Waals surface area (Å²) in [7, 11) is 2.65. The summed E-state index contributed by atoms with van der Waals surface area (Å²) < 4.78 is 16.8. The number of thiol groups is 1. The van der Waals surface area contributed by atoms with E-state index in [9.17, 15) is 9.46 Å². The molecule has 1 atom stereocenters. The van der Waals surface area contributed by atoms with Crippen molar-refractivity contribution in [1.82, 2.24) is 0 Å². The van der Waals surface area contributed by atoms with E-state index in [0.717, 1.165) is 11.0 Å². The average molecular weight is 228 g/mol. The van der Waals surface area contributed by atoms with Crippen molar-refractivity contribution in [2.75, 3.05) is 46.2 Å². The minimum atomic E-state index is -3.36. The van der Waals surface area contributed by atoms with Crippen LogP contribution in [0.25, 0.3) is 0 Å². The Morgan fingerprint density at radius 2 is 2.00 bits per heavy atom. The van der Waals surface area contributed by atoms with Crippen molar-refractivity contribution in [3.8, 4) is 0 Å². The van der Waals surface area contributed by atoms with Crippen molar-refractivity contribution >= 4 is 20.2 Å². The summed E-state index contributed by atoms with van der Waals surface area (Å²) >= 11 is 3.88. The zero-order valence-corrected chi connectivity index (χ0v) is 10.2. The molecule has 0 heterocycles. The second kappa shape index (κ2) is 5.37. The molecule has 0 aromatic rings. The van der Waals surface area contributed by atoms with Gasteiger partial charge in [-0.05, 0) is 0 Å². The second-order valence-corrected chi connectivity index (χ2v) is 6.36. The number of hydrogen-bond acceptors (Lipinski definition) is 3. The molecule has 0 radical (unpaired) electrons. The van der Waals surface area contributed by atoms with Crippen LogP contribution in [0.15, 0.2) is 0 Å². The van der Waals surface area contributed by atoms with Crippen LogP contribution in [0.4, 0.5) is 0 Å². The molecule has 1 unspecified atom stereocenters. The van der Waals surface area contributed by atoms with E-state index >= 15 is 0 Å². The minimum absolute atomic E-state index is 0.118. The molecule has 0 aliphatic heterocycles. The van der Waals surface area contributed by atoms with Crippen molar-refractivity contribution < 1.29 is 18.5 Å². The Balaban J connectivity index is 3.70. The quantitative estimate of drug-likeness (QED) is 0.402. The molecule has 1 N–H and O–H groups in total.